The van der Waals surface area contributed by atoms with E-state index in [9.17, 15) is 13.2 Å². The van der Waals surface area contributed by atoms with Crippen molar-refractivity contribution < 1.29 is 13.2 Å². The molecule has 1 heterocycles. The number of nitrogens with zero attached hydrogens (tertiary/aromatic N) is 3. The van der Waals surface area contributed by atoms with Crippen LogP contribution in [0.1, 0.15) is 20.3 Å². The van der Waals surface area contributed by atoms with Crippen molar-refractivity contribution in [2.75, 3.05) is 46.0 Å². The van der Waals surface area contributed by atoms with Gasteiger partial charge in [-0.15, -0.1) is 0 Å². The van der Waals surface area contributed by atoms with Gasteiger partial charge in [0.05, 0.1) is 6.26 Å². The van der Waals surface area contributed by atoms with Crippen LogP contribution in [0.15, 0.2) is 0 Å². The smallest absolute Gasteiger partial charge is 0.223 e. The number of sulfonamides is 1. The number of carbonyl (C=O) groups is 1. The van der Waals surface area contributed by atoms with Gasteiger partial charge in [-0.3, -0.25) is 4.79 Å². The number of carbonyl (C=O) groups excluding carboxylic acids is 1. The highest BCUT2D eigenvalue weighted by molar-refractivity contribution is 7.88. The van der Waals surface area contributed by atoms with Gasteiger partial charge in [0.15, 0.2) is 0 Å². The number of likely N-dealkylation sites (N-methyl/N-ethyl adjacent to an activating group) is 1. The van der Waals surface area contributed by atoms with Gasteiger partial charge in [0, 0.05) is 45.2 Å². The summed E-state index contributed by atoms with van der Waals surface area (Å²) in [7, 11) is -1.21. The standard InChI is InChI=1S/C12H25N3O3S/c1-11(2)15(19(4,17)18)6-5-12(16)14-9-7-13(3)8-10-14/h11H,5-10H2,1-4H3. The molecule has 1 saturated heterocycles. The molecule has 0 saturated carbocycles. The van der Waals surface area contributed by atoms with Crippen LogP contribution in [-0.4, -0.2) is 80.5 Å². The fourth-order valence-corrected chi connectivity index (χ4v) is 3.42. The third kappa shape index (κ3) is 5.08. The highest BCUT2D eigenvalue weighted by Crippen LogP contribution is 2.08. The van der Waals surface area contributed by atoms with Crippen LogP contribution in [0.2, 0.25) is 0 Å². The van der Waals surface area contributed by atoms with E-state index in [2.05, 4.69) is 4.90 Å². The average Bonchev–Trinajstić information content (AvgIpc) is 2.27. The van der Waals surface area contributed by atoms with Crippen molar-refractivity contribution in [2.24, 2.45) is 0 Å². The summed E-state index contributed by atoms with van der Waals surface area (Å²) in [6.45, 7) is 7.13. The van der Waals surface area contributed by atoms with Crippen molar-refractivity contribution in [2.45, 2.75) is 26.3 Å². The Morgan fingerprint density at radius 1 is 1.21 bits per heavy atom. The minimum atomic E-state index is -3.24. The molecule has 1 amide bonds. The zero-order valence-corrected chi connectivity index (χ0v) is 13.1. The van der Waals surface area contributed by atoms with Gasteiger partial charge in [-0.1, -0.05) is 0 Å². The Kier molecular flexibility index (Phi) is 5.76. The van der Waals surface area contributed by atoms with Gasteiger partial charge in [-0.25, -0.2) is 8.42 Å². The average molecular weight is 291 g/mol. The molecule has 0 aromatic rings. The lowest BCUT2D eigenvalue weighted by Crippen LogP contribution is -2.48. The molecule has 0 atom stereocenters. The summed E-state index contributed by atoms with van der Waals surface area (Å²) in [5.74, 6) is 0.0439. The van der Waals surface area contributed by atoms with Crippen LogP contribution < -0.4 is 0 Å². The molecule has 6 nitrogen and oxygen atoms in total. The van der Waals surface area contributed by atoms with Gasteiger partial charge in [-0.2, -0.15) is 4.31 Å². The van der Waals surface area contributed by atoms with E-state index in [1.165, 1.54) is 10.6 Å². The Morgan fingerprint density at radius 2 is 1.74 bits per heavy atom. The molecule has 0 aromatic carbocycles. The first-order valence-electron chi connectivity index (χ1n) is 6.65. The van der Waals surface area contributed by atoms with E-state index in [4.69, 9.17) is 0 Å². The monoisotopic (exact) mass is 291 g/mol. The zero-order valence-electron chi connectivity index (χ0n) is 12.3. The minimum Gasteiger partial charge on any atom is -0.340 e. The molecule has 0 unspecified atom stereocenters. The fraction of sp³-hybridized carbons (Fsp3) is 0.917. The maximum absolute atomic E-state index is 12.0. The first-order valence-corrected chi connectivity index (χ1v) is 8.50. The predicted octanol–water partition coefficient (Wildman–Crippen LogP) is -0.179. The molecule has 0 radical (unpaired) electrons. The van der Waals surface area contributed by atoms with Crippen LogP contribution in [-0.2, 0) is 14.8 Å². The molecular formula is C12H25N3O3S. The second-order valence-corrected chi connectivity index (χ2v) is 7.34. The molecule has 112 valence electrons. The van der Waals surface area contributed by atoms with E-state index in [-0.39, 0.29) is 24.9 Å². The molecule has 19 heavy (non-hydrogen) atoms. The summed E-state index contributed by atoms with van der Waals surface area (Å²) in [4.78, 5) is 16.0. The SMILES string of the molecule is CC(C)N(CCC(=O)N1CCN(C)CC1)S(C)(=O)=O. The first kappa shape index (κ1) is 16.4. The van der Waals surface area contributed by atoms with Gasteiger partial charge in [0.1, 0.15) is 0 Å². The Labute approximate surface area is 116 Å². The topological polar surface area (TPSA) is 60.9 Å². The predicted molar refractivity (Wildman–Crippen MR) is 75.4 cm³/mol. The molecule has 0 aromatic heterocycles. The third-order valence-electron chi connectivity index (χ3n) is 3.40. The lowest BCUT2D eigenvalue weighted by molar-refractivity contribution is -0.132. The third-order valence-corrected chi connectivity index (χ3v) is 4.86. The number of rotatable bonds is 5. The summed E-state index contributed by atoms with van der Waals surface area (Å²) in [5.41, 5.74) is 0. The second kappa shape index (κ2) is 6.67. The molecule has 1 rings (SSSR count). The Morgan fingerprint density at radius 3 is 2.16 bits per heavy atom. The van der Waals surface area contributed by atoms with Gasteiger partial charge in [-0.05, 0) is 20.9 Å². The van der Waals surface area contributed by atoms with Crippen molar-refractivity contribution in [3.05, 3.63) is 0 Å². The Bertz CT molecular complexity index is 400. The zero-order chi connectivity index (χ0) is 14.6. The van der Waals surface area contributed by atoms with Gasteiger partial charge < -0.3 is 9.80 Å². The van der Waals surface area contributed by atoms with Gasteiger partial charge in [0.25, 0.3) is 0 Å². The van der Waals surface area contributed by atoms with Crippen molar-refractivity contribution in [3.63, 3.8) is 0 Å². The molecule has 0 spiro atoms. The van der Waals surface area contributed by atoms with E-state index in [0.29, 0.717) is 0 Å². The van der Waals surface area contributed by atoms with Crippen LogP contribution in [0.3, 0.4) is 0 Å². The fourth-order valence-electron chi connectivity index (χ4n) is 2.23. The number of piperazine rings is 1. The van der Waals surface area contributed by atoms with Crippen LogP contribution in [0.25, 0.3) is 0 Å². The maximum atomic E-state index is 12.0. The van der Waals surface area contributed by atoms with E-state index in [0.717, 1.165) is 26.2 Å². The van der Waals surface area contributed by atoms with E-state index >= 15 is 0 Å². The van der Waals surface area contributed by atoms with Crippen LogP contribution in [0, 0.1) is 0 Å². The molecule has 0 N–H and O–H groups in total. The molecule has 0 bridgehead atoms. The molecular weight excluding hydrogens is 266 g/mol. The number of amides is 1. The number of hydrogen-bond acceptors (Lipinski definition) is 4. The van der Waals surface area contributed by atoms with Crippen LogP contribution >= 0.6 is 0 Å². The summed E-state index contributed by atoms with van der Waals surface area (Å²) in [6.07, 6.45) is 1.45. The van der Waals surface area contributed by atoms with Crippen molar-refractivity contribution in [3.8, 4) is 0 Å². The van der Waals surface area contributed by atoms with Crippen LogP contribution in [0.4, 0.5) is 0 Å². The second-order valence-electron chi connectivity index (χ2n) is 5.40. The molecule has 7 heteroatoms. The van der Waals surface area contributed by atoms with Crippen molar-refractivity contribution >= 4 is 15.9 Å². The Balaban J connectivity index is 2.49. The van der Waals surface area contributed by atoms with Gasteiger partial charge in [0.2, 0.25) is 15.9 Å². The van der Waals surface area contributed by atoms with Crippen molar-refractivity contribution in [1.29, 1.82) is 0 Å². The summed E-state index contributed by atoms with van der Waals surface area (Å²) in [6, 6.07) is -0.115. The van der Waals surface area contributed by atoms with Crippen LogP contribution in [0.5, 0.6) is 0 Å². The normalized spacial score (nSPS) is 18.3. The minimum absolute atomic E-state index is 0.0439. The Hall–Kier alpha value is -0.660. The largest absolute Gasteiger partial charge is 0.340 e. The summed E-state index contributed by atoms with van der Waals surface area (Å²) >= 11 is 0. The van der Waals surface area contributed by atoms with Gasteiger partial charge >= 0.3 is 0 Å². The summed E-state index contributed by atoms with van der Waals surface area (Å²) < 4.78 is 24.6. The maximum Gasteiger partial charge on any atom is 0.223 e. The number of hydrogen-bond donors (Lipinski definition) is 0. The quantitative estimate of drug-likeness (QED) is 0.705. The molecule has 1 aliphatic heterocycles. The van der Waals surface area contributed by atoms with E-state index < -0.39 is 10.0 Å². The summed E-state index contributed by atoms with van der Waals surface area (Å²) in [5, 5.41) is 0. The lowest BCUT2D eigenvalue weighted by Gasteiger charge is -2.33. The van der Waals surface area contributed by atoms with Crippen molar-refractivity contribution in [1.82, 2.24) is 14.1 Å². The molecule has 1 fully saturated rings. The highest BCUT2D eigenvalue weighted by Gasteiger charge is 2.23. The highest BCUT2D eigenvalue weighted by atomic mass is 32.2. The lowest BCUT2D eigenvalue weighted by atomic mass is 10.2. The first-order chi connectivity index (χ1) is 8.71. The molecule has 1 aliphatic rings. The van der Waals surface area contributed by atoms with E-state index in [1.807, 2.05) is 25.8 Å². The van der Waals surface area contributed by atoms with E-state index in [1.54, 1.807) is 0 Å². The molecule has 0 aliphatic carbocycles.